The van der Waals surface area contributed by atoms with Crippen LogP contribution in [0.1, 0.15) is 45.7 Å². The van der Waals surface area contributed by atoms with Gasteiger partial charge in [-0.2, -0.15) is 0 Å². The third-order valence-electron chi connectivity index (χ3n) is 2.46. The van der Waals surface area contributed by atoms with Gasteiger partial charge in [-0.1, -0.05) is 58.9 Å². The van der Waals surface area contributed by atoms with Gasteiger partial charge in [-0.05, 0) is 28.9 Å². The second-order valence-corrected chi connectivity index (χ2v) is 5.54. The Bertz CT molecular complexity index is 272. The summed E-state index contributed by atoms with van der Waals surface area (Å²) in [6, 6.07) is 9.05. The lowest BCUT2D eigenvalue weighted by atomic mass is 9.86. The third kappa shape index (κ3) is 3.17. The van der Waals surface area contributed by atoms with Gasteiger partial charge < -0.3 is 0 Å². The van der Waals surface area contributed by atoms with Crippen LogP contribution >= 0.6 is 0 Å². The Labute approximate surface area is 88.4 Å². The summed E-state index contributed by atoms with van der Waals surface area (Å²) in [6.07, 6.45) is 1.18. The lowest BCUT2D eigenvalue weighted by Crippen LogP contribution is -2.10. The fourth-order valence-electron chi connectivity index (χ4n) is 1.61. The fourth-order valence-corrected chi connectivity index (χ4v) is 1.61. The van der Waals surface area contributed by atoms with Crippen molar-refractivity contribution in [1.82, 2.24) is 0 Å². The van der Waals surface area contributed by atoms with E-state index >= 15 is 0 Å². The van der Waals surface area contributed by atoms with Crippen LogP contribution < -0.4 is 0 Å². The van der Waals surface area contributed by atoms with Gasteiger partial charge in [0.05, 0.1) is 0 Å². The van der Waals surface area contributed by atoms with Crippen LogP contribution in [0.5, 0.6) is 0 Å². The van der Waals surface area contributed by atoms with Crippen LogP contribution in [0.15, 0.2) is 24.3 Å². The fraction of sp³-hybridized carbons (Fsp3) is 0.571. The van der Waals surface area contributed by atoms with Crippen LogP contribution in [0.3, 0.4) is 0 Å². The number of hydrogen-bond donors (Lipinski definition) is 0. The molecule has 1 aromatic rings. The molecule has 1 rings (SSSR count). The minimum absolute atomic E-state index is 0.274. The van der Waals surface area contributed by atoms with Gasteiger partial charge in [-0.3, -0.25) is 0 Å². The first-order valence-corrected chi connectivity index (χ1v) is 5.49. The number of benzene rings is 1. The van der Waals surface area contributed by atoms with E-state index in [1.807, 2.05) is 0 Å². The normalized spacial score (nSPS) is 12.1. The largest absolute Gasteiger partial charge is 0.0625 e. The van der Waals surface area contributed by atoms with E-state index in [9.17, 15) is 0 Å². The van der Waals surface area contributed by atoms with Crippen LogP contribution in [0.4, 0.5) is 0 Å². The molecule has 0 nitrogen and oxygen atoms in total. The molecule has 14 heavy (non-hydrogen) atoms. The Morgan fingerprint density at radius 3 is 1.86 bits per heavy atom. The van der Waals surface area contributed by atoms with E-state index in [1.165, 1.54) is 17.5 Å². The van der Waals surface area contributed by atoms with Gasteiger partial charge in [0.1, 0.15) is 0 Å². The highest BCUT2D eigenvalue weighted by Crippen LogP contribution is 2.22. The van der Waals surface area contributed by atoms with E-state index in [1.54, 1.807) is 0 Å². The molecule has 0 aliphatic heterocycles. The molecule has 0 amide bonds. The molecular formula is C14H22. The lowest BCUT2D eigenvalue weighted by Gasteiger charge is -2.19. The van der Waals surface area contributed by atoms with Crippen LogP contribution in [0.25, 0.3) is 0 Å². The van der Waals surface area contributed by atoms with Crippen molar-refractivity contribution < 1.29 is 0 Å². The molecular weight excluding hydrogens is 168 g/mol. The third-order valence-corrected chi connectivity index (χ3v) is 2.46. The SMILES string of the molecule is CC(C)Cc1ccc(C(C)(C)C)cc1. The van der Waals surface area contributed by atoms with E-state index in [0.717, 1.165) is 5.92 Å². The van der Waals surface area contributed by atoms with Crippen molar-refractivity contribution in [3.05, 3.63) is 35.4 Å². The molecule has 0 aliphatic rings. The Morgan fingerprint density at radius 1 is 1.00 bits per heavy atom. The quantitative estimate of drug-likeness (QED) is 0.656. The zero-order valence-corrected chi connectivity index (χ0v) is 10.1. The van der Waals surface area contributed by atoms with Crippen molar-refractivity contribution in [2.45, 2.75) is 46.5 Å². The first-order valence-electron chi connectivity index (χ1n) is 5.49. The summed E-state index contributed by atoms with van der Waals surface area (Å²) < 4.78 is 0. The zero-order valence-electron chi connectivity index (χ0n) is 10.1. The maximum atomic E-state index is 2.26. The molecule has 78 valence electrons. The predicted molar refractivity (Wildman–Crippen MR) is 63.7 cm³/mol. The second kappa shape index (κ2) is 4.16. The highest BCUT2D eigenvalue weighted by atomic mass is 14.2. The van der Waals surface area contributed by atoms with Crippen molar-refractivity contribution >= 4 is 0 Å². The lowest BCUT2D eigenvalue weighted by molar-refractivity contribution is 0.589. The summed E-state index contributed by atoms with van der Waals surface area (Å²) in [5.41, 5.74) is 3.15. The highest BCUT2D eigenvalue weighted by Gasteiger charge is 2.12. The van der Waals surface area contributed by atoms with E-state index in [2.05, 4.69) is 58.9 Å². The summed E-state index contributed by atoms with van der Waals surface area (Å²) in [4.78, 5) is 0. The summed E-state index contributed by atoms with van der Waals surface area (Å²) in [6.45, 7) is 11.3. The molecule has 0 saturated heterocycles. The van der Waals surface area contributed by atoms with Crippen LogP contribution in [0.2, 0.25) is 0 Å². The maximum Gasteiger partial charge on any atom is -0.0132 e. The molecule has 0 saturated carbocycles. The van der Waals surface area contributed by atoms with E-state index < -0.39 is 0 Å². The predicted octanol–water partition coefficient (Wildman–Crippen LogP) is 4.18. The number of hydrogen-bond acceptors (Lipinski definition) is 0. The van der Waals surface area contributed by atoms with Gasteiger partial charge in [0, 0.05) is 0 Å². The van der Waals surface area contributed by atoms with Gasteiger partial charge in [-0.25, -0.2) is 0 Å². The van der Waals surface area contributed by atoms with E-state index in [4.69, 9.17) is 0 Å². The van der Waals surface area contributed by atoms with Crippen LogP contribution in [-0.2, 0) is 11.8 Å². The highest BCUT2D eigenvalue weighted by molar-refractivity contribution is 5.27. The molecule has 0 atom stereocenters. The Morgan fingerprint density at radius 2 is 1.50 bits per heavy atom. The van der Waals surface area contributed by atoms with Crippen LogP contribution in [0, 0.1) is 5.92 Å². The Kier molecular flexibility index (Phi) is 3.36. The molecule has 0 heterocycles. The average Bonchev–Trinajstić information content (AvgIpc) is 2.02. The van der Waals surface area contributed by atoms with Gasteiger partial charge in [0.15, 0.2) is 0 Å². The van der Waals surface area contributed by atoms with Gasteiger partial charge >= 0.3 is 0 Å². The molecule has 0 unspecified atom stereocenters. The summed E-state index contributed by atoms with van der Waals surface area (Å²) in [5, 5.41) is 0. The van der Waals surface area contributed by atoms with Gasteiger partial charge in [-0.15, -0.1) is 0 Å². The summed E-state index contributed by atoms with van der Waals surface area (Å²) in [7, 11) is 0. The minimum Gasteiger partial charge on any atom is -0.0625 e. The van der Waals surface area contributed by atoms with Gasteiger partial charge in [0.25, 0.3) is 0 Å². The molecule has 1 aromatic carbocycles. The van der Waals surface area contributed by atoms with Gasteiger partial charge in [0.2, 0.25) is 0 Å². The molecule has 0 bridgehead atoms. The molecule has 0 radical (unpaired) electrons. The molecule has 0 spiro atoms. The van der Waals surface area contributed by atoms with Crippen molar-refractivity contribution in [3.8, 4) is 0 Å². The van der Waals surface area contributed by atoms with E-state index in [0.29, 0.717) is 0 Å². The first kappa shape index (κ1) is 11.3. The maximum absolute atomic E-state index is 2.26. The molecule has 0 heteroatoms. The standard InChI is InChI=1S/C14H22/c1-11(2)10-12-6-8-13(9-7-12)14(3,4)5/h6-9,11H,10H2,1-5H3. The van der Waals surface area contributed by atoms with Crippen molar-refractivity contribution in [3.63, 3.8) is 0 Å². The average molecular weight is 190 g/mol. The smallest absolute Gasteiger partial charge is 0.0132 e. The second-order valence-electron chi connectivity index (χ2n) is 5.54. The molecule has 0 fully saturated rings. The van der Waals surface area contributed by atoms with Crippen molar-refractivity contribution in [1.29, 1.82) is 0 Å². The molecule has 0 N–H and O–H groups in total. The Balaban J connectivity index is 2.79. The summed E-state index contributed by atoms with van der Waals surface area (Å²) in [5.74, 6) is 0.746. The van der Waals surface area contributed by atoms with Crippen molar-refractivity contribution in [2.24, 2.45) is 5.92 Å². The van der Waals surface area contributed by atoms with Crippen molar-refractivity contribution in [2.75, 3.05) is 0 Å². The Hall–Kier alpha value is -0.780. The monoisotopic (exact) mass is 190 g/mol. The van der Waals surface area contributed by atoms with Crippen LogP contribution in [-0.4, -0.2) is 0 Å². The molecule has 0 aliphatic carbocycles. The zero-order chi connectivity index (χ0) is 10.8. The molecule has 0 aromatic heterocycles. The number of rotatable bonds is 2. The topological polar surface area (TPSA) is 0 Å². The minimum atomic E-state index is 0.274. The van der Waals surface area contributed by atoms with E-state index in [-0.39, 0.29) is 5.41 Å². The summed E-state index contributed by atoms with van der Waals surface area (Å²) >= 11 is 0. The first-order chi connectivity index (χ1) is 6.39.